The average Bonchev–Trinajstić information content (AvgIpc) is 3.38. The second kappa shape index (κ2) is 10.6. The predicted molar refractivity (Wildman–Crippen MR) is 149 cm³/mol. The van der Waals surface area contributed by atoms with E-state index in [9.17, 15) is 5.26 Å². The van der Waals surface area contributed by atoms with Crippen LogP contribution in [0.1, 0.15) is 30.7 Å². The van der Waals surface area contributed by atoms with Gasteiger partial charge in [-0.25, -0.2) is 0 Å². The van der Waals surface area contributed by atoms with Crippen molar-refractivity contribution in [1.29, 1.82) is 5.26 Å². The van der Waals surface area contributed by atoms with Crippen LogP contribution in [0.3, 0.4) is 0 Å². The zero-order valence-electron chi connectivity index (χ0n) is 21.9. The Morgan fingerprint density at radius 2 is 1.95 bits per heavy atom. The first-order chi connectivity index (χ1) is 17.9. The molecule has 3 heterocycles. The Morgan fingerprint density at radius 1 is 1.14 bits per heavy atom. The zero-order valence-corrected chi connectivity index (χ0v) is 21.9. The summed E-state index contributed by atoms with van der Waals surface area (Å²) < 4.78 is 6.08. The molecular weight excluding hydrogens is 460 g/mol. The second-order valence-corrected chi connectivity index (χ2v) is 9.95. The first-order valence-electron chi connectivity index (χ1n) is 12.9. The number of nitrogens with one attached hydrogen (secondary N) is 3. The lowest BCUT2D eigenvalue weighted by atomic mass is 9.99. The number of pyridine rings is 1. The van der Waals surface area contributed by atoms with Gasteiger partial charge in [0.1, 0.15) is 18.4 Å². The van der Waals surface area contributed by atoms with Gasteiger partial charge < -0.3 is 20.4 Å². The molecule has 0 aliphatic carbocycles. The van der Waals surface area contributed by atoms with E-state index in [0.717, 1.165) is 70.0 Å². The molecule has 190 valence electrons. The van der Waals surface area contributed by atoms with Crippen molar-refractivity contribution >= 4 is 22.3 Å². The standard InChI is InChI=1S/C30H34N6O/c1-19-18-36(20(2)16-33-19)13-14-37-25-7-5-23(6-8-25)29-22(4)34-17-24(15-31)30(29)35-27-9-10-28-26(21(27)3)11-12-32-28/h5-12,17,19-20,32-33H,13-14,16,18H2,1-4H3,(H,34,35). The number of hydrogen-bond donors (Lipinski definition) is 3. The largest absolute Gasteiger partial charge is 0.492 e. The van der Waals surface area contributed by atoms with E-state index in [-0.39, 0.29) is 0 Å². The van der Waals surface area contributed by atoms with E-state index < -0.39 is 0 Å². The molecule has 0 radical (unpaired) electrons. The third-order valence-electron chi connectivity index (χ3n) is 7.34. The summed E-state index contributed by atoms with van der Waals surface area (Å²) in [6, 6.07) is 17.6. The molecule has 1 aliphatic rings. The highest BCUT2D eigenvalue weighted by Crippen LogP contribution is 2.37. The number of nitriles is 1. The molecule has 0 bridgehead atoms. The molecule has 2 aromatic heterocycles. The smallest absolute Gasteiger partial charge is 0.119 e. The highest BCUT2D eigenvalue weighted by Gasteiger charge is 2.22. The molecule has 3 N–H and O–H groups in total. The van der Waals surface area contributed by atoms with Crippen LogP contribution >= 0.6 is 0 Å². The van der Waals surface area contributed by atoms with Crippen LogP contribution in [-0.2, 0) is 0 Å². The van der Waals surface area contributed by atoms with E-state index in [1.54, 1.807) is 6.20 Å². The molecule has 0 amide bonds. The second-order valence-electron chi connectivity index (χ2n) is 9.95. The van der Waals surface area contributed by atoms with Crippen molar-refractivity contribution in [2.45, 2.75) is 39.8 Å². The number of aryl methyl sites for hydroxylation is 2. The number of H-pyrrole nitrogens is 1. The fourth-order valence-corrected chi connectivity index (χ4v) is 5.14. The summed E-state index contributed by atoms with van der Waals surface area (Å²) in [6.45, 7) is 12.1. The number of ether oxygens (including phenoxy) is 1. The van der Waals surface area contributed by atoms with Gasteiger partial charge in [-0.2, -0.15) is 5.26 Å². The van der Waals surface area contributed by atoms with Crippen LogP contribution < -0.4 is 15.4 Å². The van der Waals surface area contributed by atoms with E-state index in [4.69, 9.17) is 4.74 Å². The van der Waals surface area contributed by atoms with Gasteiger partial charge >= 0.3 is 0 Å². The fourth-order valence-electron chi connectivity index (χ4n) is 5.14. The number of fused-ring (bicyclic) bond motifs is 1. The predicted octanol–water partition coefficient (Wildman–Crippen LogP) is 5.52. The third-order valence-corrected chi connectivity index (χ3v) is 7.34. The van der Waals surface area contributed by atoms with Crippen molar-refractivity contribution in [1.82, 2.24) is 20.2 Å². The molecule has 37 heavy (non-hydrogen) atoms. The van der Waals surface area contributed by atoms with Crippen molar-refractivity contribution in [3.05, 3.63) is 71.7 Å². The molecule has 0 spiro atoms. The van der Waals surface area contributed by atoms with Crippen LogP contribution in [0.15, 0.2) is 54.9 Å². The van der Waals surface area contributed by atoms with E-state index in [0.29, 0.717) is 24.3 Å². The third kappa shape index (κ3) is 5.17. The van der Waals surface area contributed by atoms with E-state index in [1.165, 1.54) is 0 Å². The normalized spacial score (nSPS) is 18.0. The highest BCUT2D eigenvalue weighted by atomic mass is 16.5. The van der Waals surface area contributed by atoms with Crippen molar-refractivity contribution in [2.24, 2.45) is 0 Å². The lowest BCUT2D eigenvalue weighted by molar-refractivity contribution is 0.123. The Kier molecular flexibility index (Phi) is 7.13. The van der Waals surface area contributed by atoms with Crippen molar-refractivity contribution < 1.29 is 4.74 Å². The van der Waals surface area contributed by atoms with Crippen LogP contribution in [0.2, 0.25) is 0 Å². The molecule has 1 aliphatic heterocycles. The van der Waals surface area contributed by atoms with Crippen LogP contribution in [0.4, 0.5) is 11.4 Å². The van der Waals surface area contributed by atoms with Gasteiger partial charge in [0.25, 0.3) is 0 Å². The highest BCUT2D eigenvalue weighted by molar-refractivity contribution is 5.92. The quantitative estimate of drug-likeness (QED) is 0.313. The maximum absolute atomic E-state index is 9.89. The molecule has 2 aromatic carbocycles. The average molecular weight is 495 g/mol. The zero-order chi connectivity index (χ0) is 25.9. The lowest BCUT2D eigenvalue weighted by Gasteiger charge is -2.37. The summed E-state index contributed by atoms with van der Waals surface area (Å²) >= 11 is 0. The first-order valence-corrected chi connectivity index (χ1v) is 12.9. The number of aromatic amines is 1. The molecule has 2 unspecified atom stereocenters. The van der Waals surface area contributed by atoms with Crippen molar-refractivity contribution in [2.75, 3.05) is 31.6 Å². The Bertz CT molecular complexity index is 1440. The number of nitrogens with zero attached hydrogens (tertiary/aromatic N) is 3. The van der Waals surface area contributed by atoms with Crippen molar-refractivity contribution in [3.63, 3.8) is 0 Å². The molecular formula is C30H34N6O. The number of benzene rings is 2. The van der Waals surface area contributed by atoms with Gasteiger partial charge in [0.05, 0.1) is 11.3 Å². The van der Waals surface area contributed by atoms with E-state index >= 15 is 0 Å². The molecule has 7 heteroatoms. The molecule has 1 fully saturated rings. The number of aromatic nitrogens is 2. The Morgan fingerprint density at radius 3 is 2.73 bits per heavy atom. The molecule has 0 saturated carbocycles. The summed E-state index contributed by atoms with van der Waals surface area (Å²) in [5, 5.41) is 18.1. The summed E-state index contributed by atoms with van der Waals surface area (Å²) in [6.07, 6.45) is 3.58. The van der Waals surface area contributed by atoms with Crippen LogP contribution in [0.25, 0.3) is 22.0 Å². The van der Waals surface area contributed by atoms with Gasteiger partial charge in [-0.15, -0.1) is 0 Å². The summed E-state index contributed by atoms with van der Waals surface area (Å²) in [4.78, 5) is 10.3. The first kappa shape index (κ1) is 24.8. The maximum atomic E-state index is 9.89. The number of anilines is 2. The van der Waals surface area contributed by atoms with Gasteiger partial charge in [-0.1, -0.05) is 12.1 Å². The molecule has 7 nitrogen and oxygen atoms in total. The number of piperazine rings is 1. The van der Waals surface area contributed by atoms with Gasteiger partial charge in [-0.3, -0.25) is 9.88 Å². The minimum absolute atomic E-state index is 0.507. The van der Waals surface area contributed by atoms with E-state index in [2.05, 4.69) is 64.5 Å². The van der Waals surface area contributed by atoms with E-state index in [1.807, 2.05) is 43.5 Å². The number of hydrogen-bond acceptors (Lipinski definition) is 6. The van der Waals surface area contributed by atoms with Crippen LogP contribution in [-0.4, -0.2) is 53.2 Å². The minimum Gasteiger partial charge on any atom is -0.492 e. The minimum atomic E-state index is 0.507. The summed E-state index contributed by atoms with van der Waals surface area (Å²) in [5.74, 6) is 0.838. The summed E-state index contributed by atoms with van der Waals surface area (Å²) in [5.41, 5.74) is 7.22. The Hall–Kier alpha value is -3.86. The van der Waals surface area contributed by atoms with Crippen LogP contribution in [0, 0.1) is 25.2 Å². The molecule has 1 saturated heterocycles. The molecule has 2 atom stereocenters. The van der Waals surface area contributed by atoms with Gasteiger partial charge in [-0.05, 0) is 69.2 Å². The Balaban J connectivity index is 1.37. The molecule has 4 aromatic rings. The van der Waals surface area contributed by atoms with Gasteiger partial charge in [0.2, 0.25) is 0 Å². The topological polar surface area (TPSA) is 89.0 Å². The van der Waals surface area contributed by atoms with Crippen LogP contribution in [0.5, 0.6) is 5.75 Å². The Labute approximate surface area is 218 Å². The van der Waals surface area contributed by atoms with Gasteiger partial charge in [0.15, 0.2) is 0 Å². The number of rotatable bonds is 7. The van der Waals surface area contributed by atoms with Crippen molar-refractivity contribution in [3.8, 4) is 22.9 Å². The van der Waals surface area contributed by atoms with Gasteiger partial charge in [0, 0.05) is 72.0 Å². The molecule has 5 rings (SSSR count). The monoisotopic (exact) mass is 494 g/mol. The summed E-state index contributed by atoms with van der Waals surface area (Å²) in [7, 11) is 0. The lowest BCUT2D eigenvalue weighted by Crippen LogP contribution is -2.55. The maximum Gasteiger partial charge on any atom is 0.119 e. The SMILES string of the molecule is Cc1ncc(C#N)c(Nc2ccc3[nH]ccc3c2C)c1-c1ccc(OCCN2CC(C)NCC2C)cc1. The fraction of sp³-hybridized carbons (Fsp3) is 0.333.